The minimum atomic E-state index is 0.00499. The maximum absolute atomic E-state index is 6.11. The van der Waals surface area contributed by atoms with Gasteiger partial charge in [0.25, 0.3) is 0 Å². The first-order valence-electron chi connectivity index (χ1n) is 7.38. The summed E-state index contributed by atoms with van der Waals surface area (Å²) in [6.45, 7) is 7.89. The van der Waals surface area contributed by atoms with E-state index in [4.69, 9.17) is 10.5 Å². The van der Waals surface area contributed by atoms with Crippen molar-refractivity contribution in [2.24, 2.45) is 5.73 Å². The van der Waals surface area contributed by atoms with E-state index in [0.717, 1.165) is 37.0 Å². The largest absolute Gasteiger partial charge is 0.376 e. The third-order valence-corrected chi connectivity index (χ3v) is 4.82. The molecule has 0 aromatic heterocycles. The molecule has 2 atom stereocenters. The summed E-state index contributed by atoms with van der Waals surface area (Å²) in [4.78, 5) is 2.51. The van der Waals surface area contributed by atoms with Crippen LogP contribution < -0.4 is 5.73 Å². The van der Waals surface area contributed by atoms with E-state index in [-0.39, 0.29) is 5.54 Å². The van der Waals surface area contributed by atoms with Gasteiger partial charge in [-0.3, -0.25) is 4.90 Å². The van der Waals surface area contributed by atoms with Crippen LogP contribution in [0, 0.1) is 0 Å². The van der Waals surface area contributed by atoms with Crippen LogP contribution >= 0.6 is 15.9 Å². The highest BCUT2D eigenvalue weighted by Gasteiger charge is 2.34. The van der Waals surface area contributed by atoms with Crippen LogP contribution in [-0.2, 0) is 11.2 Å². The fourth-order valence-electron chi connectivity index (χ4n) is 2.81. The lowest BCUT2D eigenvalue weighted by Gasteiger charge is -2.45. The first-order chi connectivity index (χ1) is 9.57. The van der Waals surface area contributed by atoms with E-state index >= 15 is 0 Å². The Hall–Kier alpha value is -0.420. The van der Waals surface area contributed by atoms with Crippen molar-refractivity contribution in [1.29, 1.82) is 0 Å². The molecule has 4 heteroatoms. The summed E-state index contributed by atoms with van der Waals surface area (Å²) in [5.74, 6) is 0. The standard InChI is InChI=1S/C16H25BrN2O/c1-3-15-11-19(8-9-20-15)16(2,12-18)10-13-4-6-14(17)7-5-13/h4-7,15H,3,8-12,18H2,1-2H3. The van der Waals surface area contributed by atoms with Crippen LogP contribution in [-0.4, -0.2) is 42.8 Å². The van der Waals surface area contributed by atoms with Gasteiger partial charge in [0.1, 0.15) is 0 Å². The van der Waals surface area contributed by atoms with Crippen LogP contribution in [0.1, 0.15) is 25.8 Å². The highest BCUT2D eigenvalue weighted by molar-refractivity contribution is 9.10. The summed E-state index contributed by atoms with van der Waals surface area (Å²) in [7, 11) is 0. The zero-order valence-corrected chi connectivity index (χ0v) is 14.0. The zero-order valence-electron chi connectivity index (χ0n) is 12.4. The number of nitrogens with two attached hydrogens (primary N) is 1. The molecular weight excluding hydrogens is 316 g/mol. The Morgan fingerprint density at radius 2 is 2.10 bits per heavy atom. The molecule has 0 spiro atoms. The Morgan fingerprint density at radius 1 is 1.40 bits per heavy atom. The molecule has 1 saturated heterocycles. The summed E-state index contributed by atoms with van der Waals surface area (Å²) in [5, 5.41) is 0. The normalized spacial score (nSPS) is 23.5. The van der Waals surface area contributed by atoms with E-state index in [0.29, 0.717) is 12.6 Å². The molecule has 1 aromatic rings. The summed E-state index contributed by atoms with van der Waals surface area (Å²) in [6, 6.07) is 8.55. The molecule has 1 aromatic carbocycles. The van der Waals surface area contributed by atoms with Crippen molar-refractivity contribution in [1.82, 2.24) is 4.90 Å². The third-order valence-electron chi connectivity index (χ3n) is 4.30. The number of nitrogens with zero attached hydrogens (tertiary/aromatic N) is 1. The minimum absolute atomic E-state index is 0.00499. The molecule has 1 aliphatic rings. The zero-order chi connectivity index (χ0) is 14.6. The van der Waals surface area contributed by atoms with Gasteiger partial charge in [-0.1, -0.05) is 35.0 Å². The molecule has 3 nitrogen and oxygen atoms in total. The fourth-order valence-corrected chi connectivity index (χ4v) is 3.08. The van der Waals surface area contributed by atoms with E-state index in [2.05, 4.69) is 58.9 Å². The predicted molar refractivity (Wildman–Crippen MR) is 86.9 cm³/mol. The number of benzene rings is 1. The summed E-state index contributed by atoms with van der Waals surface area (Å²) in [6.07, 6.45) is 2.39. The molecule has 0 bridgehead atoms. The SMILES string of the molecule is CCC1CN(C(C)(CN)Cc2ccc(Br)cc2)CCO1. The molecule has 2 rings (SSSR count). The van der Waals surface area contributed by atoms with Gasteiger partial charge in [0.2, 0.25) is 0 Å². The highest BCUT2D eigenvalue weighted by Crippen LogP contribution is 2.24. The molecular formula is C16H25BrN2O. The molecule has 2 N–H and O–H groups in total. The molecule has 0 radical (unpaired) electrons. The lowest BCUT2D eigenvalue weighted by atomic mass is 9.90. The van der Waals surface area contributed by atoms with E-state index in [1.807, 2.05) is 0 Å². The Kier molecular flexibility index (Phi) is 5.61. The average molecular weight is 341 g/mol. The first kappa shape index (κ1) is 16.0. The molecule has 112 valence electrons. The molecule has 2 unspecified atom stereocenters. The van der Waals surface area contributed by atoms with Crippen LogP contribution in [0.3, 0.4) is 0 Å². The topological polar surface area (TPSA) is 38.5 Å². The lowest BCUT2D eigenvalue weighted by Crippen LogP contribution is -2.58. The van der Waals surface area contributed by atoms with Gasteiger partial charge in [0.05, 0.1) is 12.7 Å². The number of morpholine rings is 1. The number of hydrogen-bond acceptors (Lipinski definition) is 3. The van der Waals surface area contributed by atoms with Crippen LogP contribution in [0.25, 0.3) is 0 Å². The molecule has 0 saturated carbocycles. The van der Waals surface area contributed by atoms with Crippen molar-refractivity contribution in [2.45, 2.75) is 38.3 Å². The quantitative estimate of drug-likeness (QED) is 0.895. The maximum atomic E-state index is 6.11. The van der Waals surface area contributed by atoms with Crippen LogP contribution in [0.2, 0.25) is 0 Å². The van der Waals surface area contributed by atoms with Gasteiger partial charge in [-0.05, 0) is 37.5 Å². The van der Waals surface area contributed by atoms with Crippen LogP contribution in [0.4, 0.5) is 0 Å². The Balaban J connectivity index is 2.09. The molecule has 1 aliphatic heterocycles. The molecule has 1 heterocycles. The van der Waals surface area contributed by atoms with Gasteiger partial charge >= 0.3 is 0 Å². The summed E-state index contributed by atoms with van der Waals surface area (Å²) < 4.78 is 6.89. The van der Waals surface area contributed by atoms with Crippen molar-refractivity contribution in [3.05, 3.63) is 34.3 Å². The van der Waals surface area contributed by atoms with Crippen molar-refractivity contribution in [2.75, 3.05) is 26.2 Å². The van der Waals surface area contributed by atoms with Crippen molar-refractivity contribution in [3.8, 4) is 0 Å². The van der Waals surface area contributed by atoms with Gasteiger partial charge in [-0.15, -0.1) is 0 Å². The predicted octanol–water partition coefficient (Wildman–Crippen LogP) is 2.82. The Labute approximate surface area is 130 Å². The summed E-state index contributed by atoms with van der Waals surface area (Å²) in [5.41, 5.74) is 7.45. The van der Waals surface area contributed by atoms with E-state index in [1.54, 1.807) is 0 Å². The third kappa shape index (κ3) is 3.82. The number of halogens is 1. The molecule has 1 fully saturated rings. The first-order valence-corrected chi connectivity index (χ1v) is 8.18. The summed E-state index contributed by atoms with van der Waals surface area (Å²) >= 11 is 3.48. The Bertz CT molecular complexity index is 423. The maximum Gasteiger partial charge on any atom is 0.0700 e. The van der Waals surface area contributed by atoms with Gasteiger partial charge in [-0.2, -0.15) is 0 Å². The fraction of sp³-hybridized carbons (Fsp3) is 0.625. The van der Waals surface area contributed by atoms with Gasteiger partial charge in [0.15, 0.2) is 0 Å². The lowest BCUT2D eigenvalue weighted by molar-refractivity contribution is -0.0648. The van der Waals surface area contributed by atoms with E-state index < -0.39 is 0 Å². The van der Waals surface area contributed by atoms with Crippen molar-refractivity contribution >= 4 is 15.9 Å². The van der Waals surface area contributed by atoms with Crippen LogP contribution in [0.5, 0.6) is 0 Å². The van der Waals surface area contributed by atoms with Gasteiger partial charge < -0.3 is 10.5 Å². The number of rotatable bonds is 5. The van der Waals surface area contributed by atoms with Crippen LogP contribution in [0.15, 0.2) is 28.7 Å². The Morgan fingerprint density at radius 3 is 2.70 bits per heavy atom. The van der Waals surface area contributed by atoms with Gasteiger partial charge in [0, 0.05) is 29.6 Å². The second kappa shape index (κ2) is 7.03. The smallest absolute Gasteiger partial charge is 0.0700 e. The second-order valence-electron chi connectivity index (χ2n) is 5.85. The second-order valence-corrected chi connectivity index (χ2v) is 6.77. The number of hydrogen-bond donors (Lipinski definition) is 1. The van der Waals surface area contributed by atoms with E-state index in [1.165, 1.54) is 5.56 Å². The monoisotopic (exact) mass is 340 g/mol. The molecule has 0 amide bonds. The minimum Gasteiger partial charge on any atom is -0.376 e. The van der Waals surface area contributed by atoms with Crippen molar-refractivity contribution in [3.63, 3.8) is 0 Å². The van der Waals surface area contributed by atoms with E-state index in [9.17, 15) is 0 Å². The van der Waals surface area contributed by atoms with Gasteiger partial charge in [-0.25, -0.2) is 0 Å². The molecule has 20 heavy (non-hydrogen) atoms. The highest BCUT2D eigenvalue weighted by atomic mass is 79.9. The average Bonchev–Trinajstić information content (AvgIpc) is 2.49. The van der Waals surface area contributed by atoms with Crippen molar-refractivity contribution < 1.29 is 4.74 Å². The molecule has 0 aliphatic carbocycles. The number of ether oxygens (including phenoxy) is 1.